The summed E-state index contributed by atoms with van der Waals surface area (Å²) >= 11 is 3.17. The molecule has 2 N–H and O–H groups in total. The Morgan fingerprint density at radius 3 is 2.33 bits per heavy atom. The van der Waals surface area contributed by atoms with E-state index < -0.39 is 6.04 Å². The van der Waals surface area contributed by atoms with Crippen LogP contribution in [0.25, 0.3) is 0 Å². The molecule has 88 valence electrons. The van der Waals surface area contributed by atoms with Gasteiger partial charge in [0, 0.05) is 18.3 Å². The molecule has 0 aromatic heterocycles. The molecular formula is C10H19BrN2O2. The Labute approximate surface area is 99.3 Å². The molecule has 0 radical (unpaired) electrons. The van der Waals surface area contributed by atoms with Crippen LogP contribution in [0.4, 0.5) is 0 Å². The number of carbonyl (C=O) groups is 2. The van der Waals surface area contributed by atoms with Crippen molar-refractivity contribution in [1.82, 2.24) is 10.6 Å². The largest absolute Gasteiger partial charge is 0.354 e. The molecule has 0 aromatic rings. The van der Waals surface area contributed by atoms with Crippen molar-refractivity contribution in [3.8, 4) is 0 Å². The minimum absolute atomic E-state index is 0.112. The predicted molar refractivity (Wildman–Crippen MR) is 63.9 cm³/mol. The van der Waals surface area contributed by atoms with Crippen LogP contribution >= 0.6 is 15.9 Å². The van der Waals surface area contributed by atoms with Crippen LogP contribution in [0.2, 0.25) is 0 Å². The molecule has 0 aliphatic carbocycles. The van der Waals surface area contributed by atoms with Gasteiger partial charge in [0.15, 0.2) is 0 Å². The van der Waals surface area contributed by atoms with Crippen LogP contribution in [0.15, 0.2) is 0 Å². The molecule has 2 amide bonds. The first-order chi connectivity index (χ1) is 6.97. The SMILES string of the molecule is CC(C)CNC(=O)C(C)NC(=O)CCBr. The Balaban J connectivity index is 3.83. The maximum Gasteiger partial charge on any atom is 0.242 e. The minimum atomic E-state index is -0.463. The lowest BCUT2D eigenvalue weighted by molar-refractivity contribution is -0.128. The van der Waals surface area contributed by atoms with E-state index >= 15 is 0 Å². The molecule has 0 rings (SSSR count). The molecule has 0 fully saturated rings. The summed E-state index contributed by atoms with van der Waals surface area (Å²) in [4.78, 5) is 22.6. The second kappa shape index (κ2) is 7.68. The number of alkyl halides is 1. The third kappa shape index (κ3) is 7.36. The number of halogens is 1. The van der Waals surface area contributed by atoms with Crippen molar-refractivity contribution in [2.75, 3.05) is 11.9 Å². The van der Waals surface area contributed by atoms with Gasteiger partial charge in [-0.3, -0.25) is 9.59 Å². The third-order valence-electron chi connectivity index (χ3n) is 1.78. The molecule has 0 saturated heterocycles. The zero-order valence-corrected chi connectivity index (χ0v) is 11.1. The number of hydrogen-bond acceptors (Lipinski definition) is 2. The average molecular weight is 279 g/mol. The van der Waals surface area contributed by atoms with E-state index in [1.807, 2.05) is 13.8 Å². The van der Waals surface area contributed by atoms with Crippen LogP contribution in [0.1, 0.15) is 27.2 Å². The van der Waals surface area contributed by atoms with Gasteiger partial charge >= 0.3 is 0 Å². The van der Waals surface area contributed by atoms with Crippen LogP contribution in [0.5, 0.6) is 0 Å². The van der Waals surface area contributed by atoms with Crippen molar-refractivity contribution in [3.05, 3.63) is 0 Å². The van der Waals surface area contributed by atoms with Gasteiger partial charge in [0.1, 0.15) is 6.04 Å². The summed E-state index contributed by atoms with van der Waals surface area (Å²) in [5.41, 5.74) is 0. The monoisotopic (exact) mass is 278 g/mol. The summed E-state index contributed by atoms with van der Waals surface area (Å²) in [6.07, 6.45) is 0.391. The van der Waals surface area contributed by atoms with Gasteiger partial charge in [-0.05, 0) is 12.8 Å². The molecule has 0 aliphatic rings. The second-order valence-corrected chi connectivity index (χ2v) is 4.66. The molecule has 1 unspecified atom stereocenters. The first kappa shape index (κ1) is 14.4. The van der Waals surface area contributed by atoms with Crippen molar-refractivity contribution >= 4 is 27.7 Å². The molecule has 4 nitrogen and oxygen atoms in total. The number of rotatable bonds is 6. The Morgan fingerprint density at radius 1 is 1.27 bits per heavy atom. The first-order valence-electron chi connectivity index (χ1n) is 5.10. The molecule has 5 heteroatoms. The van der Waals surface area contributed by atoms with Crippen LogP contribution in [-0.2, 0) is 9.59 Å². The van der Waals surface area contributed by atoms with E-state index in [4.69, 9.17) is 0 Å². The first-order valence-corrected chi connectivity index (χ1v) is 6.22. The number of amides is 2. The molecule has 0 aliphatic heterocycles. The van der Waals surface area contributed by atoms with E-state index in [-0.39, 0.29) is 11.8 Å². The van der Waals surface area contributed by atoms with E-state index in [2.05, 4.69) is 26.6 Å². The van der Waals surface area contributed by atoms with Gasteiger partial charge in [0.25, 0.3) is 0 Å². The van der Waals surface area contributed by atoms with Gasteiger partial charge < -0.3 is 10.6 Å². The molecule has 0 saturated carbocycles. The zero-order chi connectivity index (χ0) is 11.8. The fourth-order valence-electron chi connectivity index (χ4n) is 0.923. The standard InChI is InChI=1S/C10H19BrN2O2/c1-7(2)6-12-10(15)8(3)13-9(14)4-5-11/h7-8H,4-6H2,1-3H3,(H,12,15)(H,13,14). The summed E-state index contributed by atoms with van der Waals surface area (Å²) in [7, 11) is 0. The summed E-state index contributed by atoms with van der Waals surface area (Å²) in [6, 6.07) is -0.463. The predicted octanol–water partition coefficient (Wildman–Crippen LogP) is 1.05. The quantitative estimate of drug-likeness (QED) is 0.714. The smallest absolute Gasteiger partial charge is 0.242 e. The summed E-state index contributed by atoms with van der Waals surface area (Å²) in [5.74, 6) is 0.171. The topological polar surface area (TPSA) is 58.2 Å². The van der Waals surface area contributed by atoms with E-state index in [1.165, 1.54) is 0 Å². The Bertz CT molecular complexity index is 219. The van der Waals surface area contributed by atoms with Gasteiger partial charge in [0.2, 0.25) is 11.8 Å². The van der Waals surface area contributed by atoms with E-state index in [1.54, 1.807) is 6.92 Å². The number of hydrogen-bond donors (Lipinski definition) is 2. The normalized spacial score (nSPS) is 12.3. The summed E-state index contributed by atoms with van der Waals surface area (Å²) in [6.45, 7) is 6.36. The molecule has 0 bridgehead atoms. The van der Waals surface area contributed by atoms with E-state index in [0.717, 1.165) is 0 Å². The van der Waals surface area contributed by atoms with Crippen molar-refractivity contribution < 1.29 is 9.59 Å². The van der Waals surface area contributed by atoms with Gasteiger partial charge in [-0.25, -0.2) is 0 Å². The van der Waals surface area contributed by atoms with Crippen LogP contribution < -0.4 is 10.6 Å². The Hall–Kier alpha value is -0.580. The zero-order valence-electron chi connectivity index (χ0n) is 9.47. The van der Waals surface area contributed by atoms with Crippen molar-refractivity contribution in [1.29, 1.82) is 0 Å². The molecule has 0 aromatic carbocycles. The highest BCUT2D eigenvalue weighted by Gasteiger charge is 2.14. The lowest BCUT2D eigenvalue weighted by Gasteiger charge is -2.14. The van der Waals surface area contributed by atoms with Crippen LogP contribution in [0.3, 0.4) is 0 Å². The van der Waals surface area contributed by atoms with Gasteiger partial charge in [-0.1, -0.05) is 29.8 Å². The second-order valence-electron chi connectivity index (χ2n) is 3.87. The van der Waals surface area contributed by atoms with E-state index in [0.29, 0.717) is 24.2 Å². The summed E-state index contributed by atoms with van der Waals surface area (Å²) < 4.78 is 0. The fourth-order valence-corrected chi connectivity index (χ4v) is 1.28. The Morgan fingerprint density at radius 2 is 1.87 bits per heavy atom. The van der Waals surface area contributed by atoms with E-state index in [9.17, 15) is 9.59 Å². The number of carbonyl (C=O) groups excluding carboxylic acids is 2. The highest BCUT2D eigenvalue weighted by molar-refractivity contribution is 9.09. The molecule has 0 spiro atoms. The van der Waals surface area contributed by atoms with Gasteiger partial charge in [-0.15, -0.1) is 0 Å². The lowest BCUT2D eigenvalue weighted by Crippen LogP contribution is -2.45. The maximum absolute atomic E-state index is 11.4. The number of nitrogens with one attached hydrogen (secondary N) is 2. The fraction of sp³-hybridized carbons (Fsp3) is 0.800. The maximum atomic E-state index is 11.4. The molecule has 1 atom stereocenters. The minimum Gasteiger partial charge on any atom is -0.354 e. The molecular weight excluding hydrogens is 260 g/mol. The highest BCUT2D eigenvalue weighted by Crippen LogP contribution is 1.91. The average Bonchev–Trinajstić information content (AvgIpc) is 2.14. The van der Waals surface area contributed by atoms with Crippen molar-refractivity contribution in [2.45, 2.75) is 33.2 Å². The molecule has 0 heterocycles. The van der Waals surface area contributed by atoms with Gasteiger partial charge in [0.05, 0.1) is 0 Å². The van der Waals surface area contributed by atoms with Crippen LogP contribution in [-0.4, -0.2) is 29.7 Å². The van der Waals surface area contributed by atoms with Crippen molar-refractivity contribution in [3.63, 3.8) is 0 Å². The van der Waals surface area contributed by atoms with Crippen molar-refractivity contribution in [2.24, 2.45) is 5.92 Å². The highest BCUT2D eigenvalue weighted by atomic mass is 79.9. The van der Waals surface area contributed by atoms with Gasteiger partial charge in [-0.2, -0.15) is 0 Å². The van der Waals surface area contributed by atoms with Crippen LogP contribution in [0, 0.1) is 5.92 Å². The Kier molecular flexibility index (Phi) is 7.38. The summed E-state index contributed by atoms with van der Waals surface area (Å²) in [5, 5.41) is 6.00. The molecule has 15 heavy (non-hydrogen) atoms. The lowest BCUT2D eigenvalue weighted by atomic mass is 10.2. The third-order valence-corrected chi connectivity index (χ3v) is 2.17.